The quantitative estimate of drug-likeness (QED) is 0.281. The largest absolute Gasteiger partial charge is 1.00 e. The van der Waals surface area contributed by atoms with Crippen LogP contribution in [0.2, 0.25) is 0 Å². The van der Waals surface area contributed by atoms with Crippen molar-refractivity contribution in [3.05, 3.63) is 0 Å². The second kappa shape index (κ2) is 3.79. The molecule has 1 rings (SSSR count). The first-order valence-corrected chi connectivity index (χ1v) is 3.70. The number of quaternary nitrogens is 1. The van der Waals surface area contributed by atoms with E-state index < -0.39 is 0 Å². The molecule has 1 saturated heterocycles. The first-order valence-electron chi connectivity index (χ1n) is 3.16. The molecular formula is C6H13BrClN. The van der Waals surface area contributed by atoms with Crippen LogP contribution in [0, 0.1) is 0 Å². The summed E-state index contributed by atoms with van der Waals surface area (Å²) in [6, 6.07) is 0.792. The zero-order valence-electron chi connectivity index (χ0n) is 5.74. The van der Waals surface area contributed by atoms with Gasteiger partial charge >= 0.3 is 0 Å². The molecule has 0 aromatic heterocycles. The van der Waals surface area contributed by atoms with Gasteiger partial charge in [-0.3, -0.25) is 0 Å². The van der Waals surface area contributed by atoms with Crippen LogP contribution in [0.15, 0.2) is 0 Å². The number of nitrogens with zero attached hydrogens (tertiary/aromatic N) is 1. The molecule has 0 aromatic rings. The fourth-order valence-corrected chi connectivity index (χ4v) is 1.46. The van der Waals surface area contributed by atoms with E-state index in [4.69, 9.17) is 11.6 Å². The molecule has 1 heterocycles. The molecule has 0 bridgehead atoms. The summed E-state index contributed by atoms with van der Waals surface area (Å²) in [4.78, 5) is 0. The first kappa shape index (κ1) is 9.73. The molecule has 0 amide bonds. The van der Waals surface area contributed by atoms with Crippen molar-refractivity contribution in [3.8, 4) is 0 Å². The van der Waals surface area contributed by atoms with E-state index in [0.717, 1.165) is 10.5 Å². The van der Waals surface area contributed by atoms with Crippen molar-refractivity contribution in [2.45, 2.75) is 12.8 Å². The van der Waals surface area contributed by atoms with Gasteiger partial charge in [0, 0.05) is 12.8 Å². The van der Waals surface area contributed by atoms with Gasteiger partial charge in [0.25, 0.3) is 0 Å². The summed E-state index contributed by atoms with van der Waals surface area (Å²) in [5.74, 6) is 0. The van der Waals surface area contributed by atoms with Crippen LogP contribution in [-0.2, 0) is 0 Å². The van der Waals surface area contributed by atoms with Crippen molar-refractivity contribution in [1.29, 1.82) is 0 Å². The molecule has 1 nitrogen and oxygen atoms in total. The molecule has 0 N–H and O–H groups in total. The van der Waals surface area contributed by atoms with Gasteiger partial charge in [0.1, 0.15) is 0 Å². The number of alkyl halides is 1. The average molecular weight is 215 g/mol. The maximum atomic E-state index is 5.72. The van der Waals surface area contributed by atoms with Gasteiger partial charge in [-0.25, -0.2) is 0 Å². The molecule has 0 atom stereocenters. The van der Waals surface area contributed by atoms with Crippen LogP contribution in [0.5, 0.6) is 0 Å². The molecule has 1 fully saturated rings. The lowest BCUT2D eigenvalue weighted by Crippen LogP contribution is -3.00. The summed E-state index contributed by atoms with van der Waals surface area (Å²) in [6.45, 7) is 2.56. The number of hydrogen-bond acceptors (Lipinski definition) is 0. The Morgan fingerprint density at radius 1 is 1.33 bits per heavy atom. The minimum atomic E-state index is 0. The molecule has 0 radical (unpaired) electrons. The summed E-state index contributed by atoms with van der Waals surface area (Å²) in [6.07, 6.45) is 2.73. The third-order valence-corrected chi connectivity index (χ3v) is 2.51. The summed E-state index contributed by atoms with van der Waals surface area (Å²) in [5, 5.41) is 0. The lowest BCUT2D eigenvalue weighted by Gasteiger charge is -2.25. The molecule has 9 heavy (non-hydrogen) atoms. The van der Waals surface area contributed by atoms with Gasteiger partial charge < -0.3 is 21.5 Å². The van der Waals surface area contributed by atoms with E-state index in [1.54, 1.807) is 0 Å². The predicted molar refractivity (Wildman–Crippen MR) is 35.9 cm³/mol. The number of halogens is 2. The summed E-state index contributed by atoms with van der Waals surface area (Å²) in [7, 11) is 2.22. The van der Waals surface area contributed by atoms with Crippen molar-refractivity contribution < 1.29 is 21.5 Å². The Balaban J connectivity index is 0.000000640. The lowest BCUT2D eigenvalue weighted by atomic mass is 10.4. The summed E-state index contributed by atoms with van der Waals surface area (Å²) >= 11 is 5.72. The van der Waals surface area contributed by atoms with Crippen molar-refractivity contribution in [2.75, 3.05) is 26.1 Å². The molecule has 0 unspecified atom stereocenters. The minimum Gasteiger partial charge on any atom is -1.00 e. The highest BCUT2D eigenvalue weighted by molar-refractivity contribution is 6.16. The van der Waals surface area contributed by atoms with Crippen molar-refractivity contribution >= 4 is 11.6 Å². The highest BCUT2D eigenvalue weighted by Crippen LogP contribution is 2.16. The third-order valence-electron chi connectivity index (χ3n) is 1.93. The van der Waals surface area contributed by atoms with Crippen LogP contribution in [0.1, 0.15) is 12.8 Å². The van der Waals surface area contributed by atoms with Crippen molar-refractivity contribution in [1.82, 2.24) is 0 Å². The van der Waals surface area contributed by atoms with E-state index in [9.17, 15) is 0 Å². The standard InChI is InChI=1S/C6H13ClN.BrH/c1-8(6-7)4-2-3-5-8;/h2-6H2,1H3;1H/q+1;/p-1. The van der Waals surface area contributed by atoms with Crippen LogP contribution in [0.25, 0.3) is 0 Å². The van der Waals surface area contributed by atoms with Crippen LogP contribution in [0.4, 0.5) is 0 Å². The Morgan fingerprint density at radius 2 is 1.78 bits per heavy atom. The second-order valence-electron chi connectivity index (χ2n) is 2.89. The smallest absolute Gasteiger partial charge is 0.154 e. The summed E-state index contributed by atoms with van der Waals surface area (Å²) in [5.41, 5.74) is 0. The zero-order chi connectivity index (χ0) is 6.04. The molecule has 0 aliphatic carbocycles. The van der Waals surface area contributed by atoms with E-state index in [-0.39, 0.29) is 17.0 Å². The maximum Gasteiger partial charge on any atom is 0.154 e. The normalized spacial score (nSPS) is 23.3. The predicted octanol–water partition coefficient (Wildman–Crippen LogP) is -1.57. The van der Waals surface area contributed by atoms with Crippen LogP contribution < -0.4 is 17.0 Å². The Hall–Kier alpha value is 0.730. The third kappa shape index (κ3) is 2.44. The van der Waals surface area contributed by atoms with Gasteiger partial charge in [-0.15, -0.1) is 0 Å². The fraction of sp³-hybridized carbons (Fsp3) is 1.00. The van der Waals surface area contributed by atoms with Gasteiger partial charge in [0.2, 0.25) is 0 Å². The monoisotopic (exact) mass is 213 g/mol. The van der Waals surface area contributed by atoms with E-state index in [1.165, 1.54) is 25.9 Å². The van der Waals surface area contributed by atoms with E-state index in [1.807, 2.05) is 0 Å². The van der Waals surface area contributed by atoms with Crippen molar-refractivity contribution in [2.24, 2.45) is 0 Å². The van der Waals surface area contributed by atoms with Gasteiger partial charge in [0.05, 0.1) is 20.1 Å². The molecule has 0 saturated carbocycles. The molecule has 56 valence electrons. The van der Waals surface area contributed by atoms with Crippen molar-refractivity contribution in [3.63, 3.8) is 0 Å². The Morgan fingerprint density at radius 3 is 2.00 bits per heavy atom. The summed E-state index contributed by atoms with van der Waals surface area (Å²) < 4.78 is 1.08. The molecule has 1 aliphatic heterocycles. The van der Waals surface area contributed by atoms with E-state index >= 15 is 0 Å². The zero-order valence-corrected chi connectivity index (χ0v) is 8.08. The van der Waals surface area contributed by atoms with Gasteiger partial charge in [-0.1, -0.05) is 11.6 Å². The fourth-order valence-electron chi connectivity index (χ4n) is 1.22. The second-order valence-corrected chi connectivity index (χ2v) is 3.13. The highest BCUT2D eigenvalue weighted by Gasteiger charge is 2.24. The Labute approximate surface area is 72.3 Å². The Kier molecular flexibility index (Phi) is 4.10. The van der Waals surface area contributed by atoms with Gasteiger partial charge in [-0.05, 0) is 0 Å². The maximum absolute atomic E-state index is 5.72. The topological polar surface area (TPSA) is 0 Å². The SMILES string of the molecule is C[N+]1(CCl)CCCC1.[Br-]. The van der Waals surface area contributed by atoms with E-state index in [2.05, 4.69) is 7.05 Å². The van der Waals surface area contributed by atoms with Crippen LogP contribution in [0.3, 0.4) is 0 Å². The number of likely N-dealkylation sites (tertiary alicyclic amines) is 1. The molecule has 1 aliphatic rings. The van der Waals surface area contributed by atoms with Crippen LogP contribution >= 0.6 is 11.6 Å². The molecule has 0 spiro atoms. The van der Waals surface area contributed by atoms with E-state index in [0.29, 0.717) is 0 Å². The average Bonchev–Trinajstić information content (AvgIpc) is 2.17. The molecular weight excluding hydrogens is 201 g/mol. The lowest BCUT2D eigenvalue weighted by molar-refractivity contribution is -0.886. The number of hydrogen-bond donors (Lipinski definition) is 0. The van der Waals surface area contributed by atoms with Crippen LogP contribution in [-0.4, -0.2) is 30.6 Å². The molecule has 0 aromatic carbocycles. The minimum absolute atomic E-state index is 0. The van der Waals surface area contributed by atoms with Gasteiger partial charge in [0.15, 0.2) is 6.00 Å². The van der Waals surface area contributed by atoms with Gasteiger partial charge in [-0.2, -0.15) is 0 Å². The number of rotatable bonds is 1. The highest BCUT2D eigenvalue weighted by atomic mass is 79.9. The first-order chi connectivity index (χ1) is 3.77. The Bertz CT molecular complexity index is 81.1. The molecule has 3 heteroatoms.